The minimum Gasteiger partial charge on any atom is -0.489 e. The van der Waals surface area contributed by atoms with E-state index in [9.17, 15) is 14.9 Å². The molecule has 0 atom stereocenters. The van der Waals surface area contributed by atoms with Crippen molar-refractivity contribution in [2.75, 3.05) is 18.4 Å². The molecular weight excluding hydrogens is 468 g/mol. The van der Waals surface area contributed by atoms with Crippen LogP contribution in [0.3, 0.4) is 0 Å². The van der Waals surface area contributed by atoms with Crippen LogP contribution in [0.4, 0.5) is 5.69 Å². The quantitative estimate of drug-likeness (QED) is 0.515. The number of ether oxygens (including phenoxy) is 1. The Morgan fingerprint density at radius 3 is 2.66 bits per heavy atom. The summed E-state index contributed by atoms with van der Waals surface area (Å²) in [4.78, 5) is 27.0. The van der Waals surface area contributed by atoms with E-state index in [-0.39, 0.29) is 23.7 Å². The molecule has 4 rings (SSSR count). The Labute approximate surface area is 208 Å². The molecule has 2 heterocycles. The number of halogens is 1. The summed E-state index contributed by atoms with van der Waals surface area (Å²) in [6.45, 7) is 4.66. The number of rotatable bonds is 6. The van der Waals surface area contributed by atoms with Gasteiger partial charge in [-0.1, -0.05) is 28.9 Å². The standard InChI is InChI=1S/C26H25ClN4O4/c1-26(2,16-28)18-5-3-4-17(14-18)24(32)30-19-6-7-21(27)23(15-19)34-20-9-12-31(13-10-20)25(33)22-8-11-29-35-22/h3-8,11,14-15,20H,9-10,12-13H2,1-2H3,(H,30,32). The smallest absolute Gasteiger partial charge is 0.292 e. The van der Waals surface area contributed by atoms with E-state index in [1.54, 1.807) is 61.2 Å². The monoisotopic (exact) mass is 492 g/mol. The number of carbonyl (C=O) groups is 2. The van der Waals surface area contributed by atoms with Crippen LogP contribution in [0.5, 0.6) is 5.75 Å². The van der Waals surface area contributed by atoms with Crippen LogP contribution in [0.2, 0.25) is 5.02 Å². The fourth-order valence-corrected chi connectivity index (χ4v) is 3.99. The SMILES string of the molecule is CC(C)(C#N)c1cccc(C(=O)Nc2ccc(Cl)c(OC3CCN(C(=O)c4ccno4)CC3)c2)c1. The number of nitrogens with zero attached hydrogens (tertiary/aromatic N) is 3. The Morgan fingerprint density at radius 1 is 1.20 bits per heavy atom. The lowest BCUT2D eigenvalue weighted by atomic mass is 9.85. The van der Waals surface area contributed by atoms with E-state index < -0.39 is 5.41 Å². The molecule has 1 fully saturated rings. The summed E-state index contributed by atoms with van der Waals surface area (Å²) in [5.41, 5.74) is 1.05. The van der Waals surface area contributed by atoms with Gasteiger partial charge >= 0.3 is 0 Å². The van der Waals surface area contributed by atoms with Gasteiger partial charge in [0.2, 0.25) is 5.76 Å². The molecule has 1 aliphatic heterocycles. The normalized spacial score (nSPS) is 14.3. The van der Waals surface area contributed by atoms with Crippen molar-refractivity contribution in [3.8, 4) is 11.8 Å². The van der Waals surface area contributed by atoms with Crippen molar-refractivity contribution in [3.05, 3.63) is 76.6 Å². The highest BCUT2D eigenvalue weighted by Gasteiger charge is 2.27. The average Bonchev–Trinajstić information content (AvgIpc) is 3.41. The zero-order chi connectivity index (χ0) is 25.0. The third-order valence-corrected chi connectivity index (χ3v) is 6.30. The molecule has 35 heavy (non-hydrogen) atoms. The van der Waals surface area contributed by atoms with Crippen LogP contribution in [0.25, 0.3) is 0 Å². The van der Waals surface area contributed by atoms with E-state index in [0.717, 1.165) is 5.56 Å². The van der Waals surface area contributed by atoms with Gasteiger partial charge in [0.15, 0.2) is 0 Å². The van der Waals surface area contributed by atoms with Crippen LogP contribution in [0.15, 0.2) is 59.3 Å². The first-order chi connectivity index (χ1) is 16.8. The molecule has 9 heteroatoms. The summed E-state index contributed by atoms with van der Waals surface area (Å²) in [6, 6.07) is 15.9. The minimum absolute atomic E-state index is 0.123. The van der Waals surface area contributed by atoms with Gasteiger partial charge < -0.3 is 19.5 Å². The predicted octanol–water partition coefficient (Wildman–Crippen LogP) is 5.07. The molecule has 180 valence electrons. The van der Waals surface area contributed by atoms with E-state index >= 15 is 0 Å². The number of amides is 2. The van der Waals surface area contributed by atoms with E-state index in [4.69, 9.17) is 20.9 Å². The summed E-state index contributed by atoms with van der Waals surface area (Å²) < 4.78 is 11.1. The van der Waals surface area contributed by atoms with Crippen molar-refractivity contribution in [1.29, 1.82) is 5.26 Å². The van der Waals surface area contributed by atoms with Crippen molar-refractivity contribution in [3.63, 3.8) is 0 Å². The second kappa shape index (κ2) is 10.2. The molecule has 1 aliphatic rings. The maximum Gasteiger partial charge on any atom is 0.292 e. The first-order valence-corrected chi connectivity index (χ1v) is 11.6. The molecule has 0 bridgehead atoms. The van der Waals surface area contributed by atoms with Gasteiger partial charge in [-0.15, -0.1) is 0 Å². The first-order valence-electron chi connectivity index (χ1n) is 11.3. The van der Waals surface area contributed by atoms with Crippen molar-refractivity contribution < 1.29 is 18.8 Å². The van der Waals surface area contributed by atoms with Gasteiger partial charge in [0.1, 0.15) is 11.9 Å². The molecule has 1 N–H and O–H groups in total. The Kier molecular flexibility index (Phi) is 7.08. The molecule has 3 aromatic rings. The fourth-order valence-electron chi connectivity index (χ4n) is 3.83. The molecule has 2 aromatic carbocycles. The van der Waals surface area contributed by atoms with Crippen LogP contribution in [-0.2, 0) is 5.41 Å². The van der Waals surface area contributed by atoms with Gasteiger partial charge in [0, 0.05) is 49.3 Å². The number of likely N-dealkylation sites (tertiary alicyclic amines) is 1. The van der Waals surface area contributed by atoms with E-state index in [2.05, 4.69) is 16.5 Å². The lowest BCUT2D eigenvalue weighted by Gasteiger charge is -2.31. The number of aromatic nitrogens is 1. The molecule has 0 unspecified atom stereocenters. The van der Waals surface area contributed by atoms with Crippen molar-refractivity contribution in [2.24, 2.45) is 0 Å². The number of nitriles is 1. The number of hydrogen-bond acceptors (Lipinski definition) is 6. The highest BCUT2D eigenvalue weighted by Crippen LogP contribution is 2.31. The minimum atomic E-state index is -0.702. The van der Waals surface area contributed by atoms with Crippen LogP contribution in [0, 0.1) is 11.3 Å². The largest absolute Gasteiger partial charge is 0.489 e. The molecule has 0 aliphatic carbocycles. The summed E-state index contributed by atoms with van der Waals surface area (Å²) in [6.07, 6.45) is 2.59. The highest BCUT2D eigenvalue weighted by molar-refractivity contribution is 6.32. The number of nitrogens with one attached hydrogen (secondary N) is 1. The lowest BCUT2D eigenvalue weighted by Crippen LogP contribution is -2.41. The molecule has 0 spiro atoms. The number of hydrogen-bond donors (Lipinski definition) is 1. The summed E-state index contributed by atoms with van der Waals surface area (Å²) in [5.74, 6) is 0.195. The summed E-state index contributed by atoms with van der Waals surface area (Å²) >= 11 is 6.35. The maximum atomic E-state index is 12.8. The molecule has 1 aromatic heterocycles. The predicted molar refractivity (Wildman–Crippen MR) is 131 cm³/mol. The Morgan fingerprint density at radius 2 is 1.97 bits per heavy atom. The Hall–Kier alpha value is -3.83. The second-order valence-electron chi connectivity index (χ2n) is 8.90. The number of piperidine rings is 1. The highest BCUT2D eigenvalue weighted by atomic mass is 35.5. The van der Waals surface area contributed by atoms with Gasteiger partial charge in [-0.05, 0) is 43.7 Å². The molecule has 2 amide bonds. The Balaban J connectivity index is 1.39. The maximum absolute atomic E-state index is 12.8. The number of anilines is 1. The second-order valence-corrected chi connectivity index (χ2v) is 9.31. The van der Waals surface area contributed by atoms with Gasteiger partial charge in [0.25, 0.3) is 11.8 Å². The molecule has 1 saturated heterocycles. The molecule has 0 saturated carbocycles. The lowest BCUT2D eigenvalue weighted by molar-refractivity contribution is 0.0558. The van der Waals surface area contributed by atoms with Crippen LogP contribution < -0.4 is 10.1 Å². The summed E-state index contributed by atoms with van der Waals surface area (Å²) in [5, 5.41) is 16.3. The van der Waals surface area contributed by atoms with Crippen LogP contribution in [0.1, 0.15) is 53.2 Å². The van der Waals surface area contributed by atoms with Crippen LogP contribution in [-0.4, -0.2) is 41.1 Å². The third kappa shape index (κ3) is 5.64. The zero-order valence-corrected chi connectivity index (χ0v) is 20.2. The van der Waals surface area contributed by atoms with Gasteiger partial charge in [-0.25, -0.2) is 0 Å². The van der Waals surface area contributed by atoms with Crippen molar-refractivity contribution in [2.45, 2.75) is 38.2 Å². The molecular formula is C26H25ClN4O4. The summed E-state index contributed by atoms with van der Waals surface area (Å²) in [7, 11) is 0. The Bertz CT molecular complexity index is 1260. The number of carbonyl (C=O) groups excluding carboxylic acids is 2. The van der Waals surface area contributed by atoms with Gasteiger partial charge in [0.05, 0.1) is 22.7 Å². The van der Waals surface area contributed by atoms with Crippen molar-refractivity contribution >= 4 is 29.1 Å². The average molecular weight is 493 g/mol. The van der Waals surface area contributed by atoms with E-state index in [1.165, 1.54) is 6.20 Å². The number of benzene rings is 2. The topological polar surface area (TPSA) is 108 Å². The van der Waals surface area contributed by atoms with E-state index in [1.807, 2.05) is 6.07 Å². The third-order valence-electron chi connectivity index (χ3n) is 5.99. The first kappa shape index (κ1) is 24.3. The van der Waals surface area contributed by atoms with Crippen LogP contribution >= 0.6 is 11.6 Å². The van der Waals surface area contributed by atoms with Gasteiger partial charge in [-0.2, -0.15) is 5.26 Å². The fraction of sp³-hybridized carbons (Fsp3) is 0.308. The van der Waals surface area contributed by atoms with Gasteiger partial charge in [-0.3, -0.25) is 9.59 Å². The van der Waals surface area contributed by atoms with Crippen molar-refractivity contribution in [1.82, 2.24) is 10.1 Å². The van der Waals surface area contributed by atoms with E-state index in [0.29, 0.717) is 48.0 Å². The molecule has 8 nitrogen and oxygen atoms in total. The zero-order valence-electron chi connectivity index (χ0n) is 19.5. The molecule has 0 radical (unpaired) electrons.